The van der Waals surface area contributed by atoms with Gasteiger partial charge in [-0.25, -0.2) is 4.98 Å². The maximum Gasteiger partial charge on any atom is 0.148 e. The maximum absolute atomic E-state index is 10.7. The molecule has 0 aliphatic carbocycles. The molecule has 0 bridgehead atoms. The average molecular weight is 718 g/mol. The number of hydrogen-bond donors (Lipinski definition) is 1. The minimum Gasteiger partial charge on any atom is -0.507 e. The minimum absolute atomic E-state index is 0. The number of imidazole rings is 1. The first-order chi connectivity index (χ1) is 20.1. The normalized spacial score (nSPS) is 11.6. The molecule has 0 saturated carbocycles. The van der Waals surface area contributed by atoms with E-state index in [9.17, 15) is 5.11 Å². The summed E-state index contributed by atoms with van der Waals surface area (Å²) in [5.74, 6) is 0.798. The smallest absolute Gasteiger partial charge is 0.148 e. The molecule has 0 unspecified atom stereocenters. The van der Waals surface area contributed by atoms with Crippen LogP contribution in [0.3, 0.4) is 0 Å². The van der Waals surface area contributed by atoms with Crippen LogP contribution in [0.25, 0.3) is 60.9 Å². The molecule has 1 N–H and O–H groups in total. The fourth-order valence-electron chi connectivity index (χ4n) is 4.83. The molecule has 4 aromatic carbocycles. The van der Waals surface area contributed by atoms with E-state index in [0.29, 0.717) is 22.6 Å². The number of aromatic nitrogens is 3. The predicted molar refractivity (Wildman–Crippen MR) is 159 cm³/mol. The maximum atomic E-state index is 10.7. The molecule has 196 valence electrons. The number of para-hydroxylation sites is 3. The molecule has 4 nitrogen and oxygen atoms in total. The van der Waals surface area contributed by atoms with E-state index in [-0.39, 0.29) is 39.0 Å². The number of hydrogen-bond acceptors (Lipinski definition) is 4. The molecular formula is C34H22N3OPtS-. The van der Waals surface area contributed by atoms with E-state index in [1.807, 2.05) is 102 Å². The summed E-state index contributed by atoms with van der Waals surface area (Å²) in [6.07, 6.45) is -0.0688. The molecule has 40 heavy (non-hydrogen) atoms. The second-order valence-corrected chi connectivity index (χ2v) is 9.99. The fourth-order valence-corrected chi connectivity index (χ4v) is 5.53. The zero-order valence-electron chi connectivity index (χ0n) is 23.0. The van der Waals surface area contributed by atoms with Gasteiger partial charge < -0.3 is 5.11 Å². The molecule has 0 saturated heterocycles. The van der Waals surface area contributed by atoms with Crippen LogP contribution in [0.4, 0.5) is 0 Å². The first kappa shape index (κ1) is 23.6. The molecule has 6 heteroatoms. The van der Waals surface area contributed by atoms with E-state index in [1.54, 1.807) is 12.1 Å². The molecule has 0 aliphatic rings. The van der Waals surface area contributed by atoms with Crippen molar-refractivity contribution in [3.05, 3.63) is 133 Å². The van der Waals surface area contributed by atoms with Gasteiger partial charge >= 0.3 is 0 Å². The van der Waals surface area contributed by atoms with Crippen LogP contribution in [-0.2, 0) is 21.1 Å². The third-order valence-electron chi connectivity index (χ3n) is 6.64. The van der Waals surface area contributed by atoms with Crippen molar-refractivity contribution in [2.24, 2.45) is 0 Å². The van der Waals surface area contributed by atoms with E-state index in [4.69, 9.17) is 7.73 Å². The van der Waals surface area contributed by atoms with Crippen molar-refractivity contribution in [1.29, 1.82) is 0 Å². The number of pyridine rings is 1. The number of phenolic OH excluding ortho intramolecular Hbond substituents is 1. The van der Waals surface area contributed by atoms with Crippen LogP contribution >= 0.6 is 11.3 Å². The summed E-state index contributed by atoms with van der Waals surface area (Å²) in [5.41, 5.74) is 6.97. The average Bonchev–Trinajstić information content (AvgIpc) is 3.68. The number of nitrogens with zero attached hydrogens (tertiary/aromatic N) is 3. The molecular weight excluding hydrogens is 694 g/mol. The summed E-state index contributed by atoms with van der Waals surface area (Å²) in [7, 11) is 0. The van der Waals surface area contributed by atoms with Gasteiger partial charge in [-0.3, -0.25) is 9.55 Å². The Balaban J connectivity index is 0.00000316. The van der Waals surface area contributed by atoms with E-state index in [1.165, 1.54) is 11.3 Å². The molecule has 0 aliphatic heterocycles. The Labute approximate surface area is 253 Å². The van der Waals surface area contributed by atoms with E-state index in [2.05, 4.69) is 15.6 Å². The first-order valence-corrected chi connectivity index (χ1v) is 13.4. The van der Waals surface area contributed by atoms with Crippen molar-refractivity contribution in [3.63, 3.8) is 0 Å². The van der Waals surface area contributed by atoms with Gasteiger partial charge in [-0.2, -0.15) is 0 Å². The van der Waals surface area contributed by atoms with Gasteiger partial charge in [0.05, 0.1) is 19.3 Å². The van der Waals surface area contributed by atoms with Gasteiger partial charge in [0.1, 0.15) is 11.6 Å². The van der Waals surface area contributed by atoms with Crippen LogP contribution in [0.1, 0.15) is 2.74 Å². The Bertz CT molecular complexity index is 2040. The number of thiophene rings is 1. The van der Waals surface area contributed by atoms with Gasteiger partial charge in [0.25, 0.3) is 0 Å². The Morgan fingerprint density at radius 1 is 0.800 bits per heavy atom. The van der Waals surface area contributed by atoms with Crippen molar-refractivity contribution >= 4 is 22.4 Å². The summed E-state index contributed by atoms with van der Waals surface area (Å²) in [4.78, 5) is 10.4. The quantitative estimate of drug-likeness (QED) is 0.182. The Kier molecular flexibility index (Phi) is 6.51. The third-order valence-corrected chi connectivity index (χ3v) is 7.54. The van der Waals surface area contributed by atoms with Crippen LogP contribution < -0.4 is 0 Å². The zero-order valence-corrected chi connectivity index (χ0v) is 24.1. The second-order valence-electron chi connectivity index (χ2n) is 9.04. The Morgan fingerprint density at radius 2 is 1.57 bits per heavy atom. The van der Waals surface area contributed by atoms with Crippen molar-refractivity contribution < 1.29 is 28.9 Å². The summed E-state index contributed by atoms with van der Waals surface area (Å²) in [6, 6.07) is 38.5. The van der Waals surface area contributed by atoms with Crippen LogP contribution in [0, 0.1) is 6.07 Å². The molecule has 0 radical (unpaired) electrons. The van der Waals surface area contributed by atoms with Crippen molar-refractivity contribution in [2.45, 2.75) is 0 Å². The summed E-state index contributed by atoms with van der Waals surface area (Å²) < 4.78 is 18.8. The van der Waals surface area contributed by atoms with Crippen LogP contribution in [-0.4, -0.2) is 19.6 Å². The molecule has 0 fully saturated rings. The number of phenols is 1. The molecule has 3 heterocycles. The minimum atomic E-state index is -0.0688. The number of fused-ring (bicyclic) bond motifs is 1. The third kappa shape index (κ3) is 4.68. The Hall–Kier alpha value is -4.31. The van der Waals surface area contributed by atoms with Gasteiger partial charge in [0, 0.05) is 43.5 Å². The number of benzene rings is 4. The van der Waals surface area contributed by atoms with Crippen LogP contribution in [0.2, 0.25) is 0 Å². The molecule has 0 spiro atoms. The number of aromatic hydroxyl groups is 1. The molecule has 7 aromatic rings. The molecule has 3 aromatic heterocycles. The zero-order chi connectivity index (χ0) is 27.9. The van der Waals surface area contributed by atoms with Gasteiger partial charge in [-0.15, -0.1) is 41.2 Å². The molecule has 0 amide bonds. The van der Waals surface area contributed by atoms with E-state index in [0.717, 1.165) is 38.3 Å². The standard InChI is InChI=1S/C34H22N3OS.Pt/c38-31-16-5-4-13-28(31)34-36-33-27(14-7-15-30(33)37(34)26-11-2-1-3-12-26)23-9-6-10-24(21-23)29-22-25(18-19-35-29)32-17-8-20-39-32;/h1-20,22,38H;/q-1;/i18D,19D;. The SMILES string of the molecule is [2H]c1nc(-c2[c-]c(-c3cccc4c3nc(-c3ccccc3O)n4-c3ccccc3)ccc2)cc(-c2cccs2)c1[2H].[Pt]. The summed E-state index contributed by atoms with van der Waals surface area (Å²) in [5, 5.41) is 12.7. The number of rotatable bonds is 5. The van der Waals surface area contributed by atoms with Crippen molar-refractivity contribution in [3.8, 4) is 55.6 Å². The van der Waals surface area contributed by atoms with E-state index >= 15 is 0 Å². The largest absolute Gasteiger partial charge is 0.507 e. The summed E-state index contributed by atoms with van der Waals surface area (Å²) >= 11 is 1.54. The monoisotopic (exact) mass is 717 g/mol. The topological polar surface area (TPSA) is 50.9 Å². The van der Waals surface area contributed by atoms with Crippen molar-refractivity contribution in [1.82, 2.24) is 14.5 Å². The molecule has 0 atom stereocenters. The van der Waals surface area contributed by atoms with Gasteiger partial charge in [0.2, 0.25) is 0 Å². The predicted octanol–water partition coefficient (Wildman–Crippen LogP) is 8.65. The summed E-state index contributed by atoms with van der Waals surface area (Å²) in [6.45, 7) is 0. The van der Waals surface area contributed by atoms with Crippen LogP contribution in [0.5, 0.6) is 5.75 Å². The fraction of sp³-hybridized carbons (Fsp3) is 0. The Morgan fingerprint density at radius 3 is 2.40 bits per heavy atom. The van der Waals surface area contributed by atoms with Gasteiger partial charge in [-0.05, 0) is 53.4 Å². The van der Waals surface area contributed by atoms with Crippen LogP contribution in [0.15, 0.2) is 127 Å². The van der Waals surface area contributed by atoms with Crippen molar-refractivity contribution in [2.75, 3.05) is 0 Å². The van der Waals surface area contributed by atoms with E-state index < -0.39 is 0 Å². The second kappa shape index (κ2) is 11.1. The first-order valence-electron chi connectivity index (χ1n) is 13.5. The molecule has 7 rings (SSSR count). The van der Waals surface area contributed by atoms with Gasteiger partial charge in [-0.1, -0.05) is 65.7 Å². The van der Waals surface area contributed by atoms with Gasteiger partial charge in [0.15, 0.2) is 0 Å².